The number of halogens is 3. The number of benzene rings is 3. The number of rotatable bonds is 18. The van der Waals surface area contributed by atoms with Gasteiger partial charge in [0.2, 0.25) is 23.6 Å². The van der Waals surface area contributed by atoms with Gasteiger partial charge in [-0.25, -0.2) is 18.7 Å². The maximum atomic E-state index is 16.3. The van der Waals surface area contributed by atoms with Gasteiger partial charge in [0, 0.05) is 92.8 Å². The molecule has 62 heavy (non-hydrogen) atoms. The molecule has 1 aromatic heterocycles. The molecule has 19 heteroatoms. The number of nitrogens with one attached hydrogen (secondary N) is 3. The van der Waals surface area contributed by atoms with E-state index < -0.39 is 23.6 Å². The Kier molecular flexibility index (Phi) is 14.4. The minimum atomic E-state index is -0.819. The molecule has 16 nitrogen and oxygen atoms in total. The zero-order chi connectivity index (χ0) is 43.8. The predicted octanol–water partition coefficient (Wildman–Crippen LogP) is 4.08. The highest BCUT2D eigenvalue weighted by Gasteiger charge is 2.40. The van der Waals surface area contributed by atoms with Crippen LogP contribution in [0.4, 0.5) is 20.3 Å². The van der Waals surface area contributed by atoms with Crippen LogP contribution in [0.15, 0.2) is 48.8 Å². The standard InChI is InChI=1S/C43H47ClF2N8O8/c1-2-36(57)52-14-16-53(17-15-52)41-27-23-29(44)37(39(46)40(27)49-25-50-41)38-30(45)6-4-8-33(38)62-22-21-61-20-19-60-18-11-34(55)48-13-12-47-31-7-3-5-26-28(31)24-54(43(26)59)32-9-10-35(56)51-42(32)58/h3-8,23,25,32,47H,2,9-22,24H2,1H3,(H,48,55)(H,51,56,58). The number of nitrogens with zero attached hydrogens (tertiary/aromatic N) is 5. The Labute approximate surface area is 361 Å². The molecule has 0 radical (unpaired) electrons. The van der Waals surface area contributed by atoms with E-state index in [9.17, 15) is 24.0 Å². The third kappa shape index (κ3) is 9.87. The fourth-order valence-corrected chi connectivity index (χ4v) is 8.08. The second-order valence-corrected chi connectivity index (χ2v) is 15.2. The van der Waals surface area contributed by atoms with E-state index >= 15 is 8.78 Å². The largest absolute Gasteiger partial charge is 0.490 e. The molecule has 3 aliphatic rings. The van der Waals surface area contributed by atoms with Crippen molar-refractivity contribution in [1.82, 2.24) is 30.4 Å². The maximum Gasteiger partial charge on any atom is 0.255 e. The monoisotopic (exact) mass is 876 g/mol. The SMILES string of the molecule is CCC(=O)N1CCN(c2ncnc3c(F)c(-c4c(F)cccc4OCCOCCOCCC(=O)NCCNc4cccc5c4CN(C4CCC(=O)NC4=O)C5=O)c(Cl)cc23)CC1. The van der Waals surface area contributed by atoms with Crippen LogP contribution < -0.4 is 25.6 Å². The van der Waals surface area contributed by atoms with Crippen LogP contribution in [-0.2, 0) is 35.2 Å². The van der Waals surface area contributed by atoms with Crippen LogP contribution >= 0.6 is 11.6 Å². The summed E-state index contributed by atoms with van der Waals surface area (Å²) in [6.45, 7) is 5.47. The second kappa shape index (κ2) is 20.3. The molecule has 0 spiro atoms. The van der Waals surface area contributed by atoms with Crippen LogP contribution in [0.25, 0.3) is 22.0 Å². The molecule has 4 aromatic rings. The highest BCUT2D eigenvalue weighted by Crippen LogP contribution is 2.42. The smallest absolute Gasteiger partial charge is 0.255 e. The number of fused-ring (bicyclic) bond motifs is 2. The zero-order valence-corrected chi connectivity index (χ0v) is 34.9. The van der Waals surface area contributed by atoms with E-state index in [2.05, 4.69) is 25.9 Å². The number of hydrogen-bond acceptors (Lipinski definition) is 12. The van der Waals surface area contributed by atoms with Crippen LogP contribution in [0.3, 0.4) is 0 Å². The van der Waals surface area contributed by atoms with Crippen LogP contribution in [0.2, 0.25) is 5.02 Å². The van der Waals surface area contributed by atoms with Gasteiger partial charge in [0.05, 0.1) is 37.0 Å². The summed E-state index contributed by atoms with van der Waals surface area (Å²) in [6, 6.07) is 10.3. The summed E-state index contributed by atoms with van der Waals surface area (Å²) in [6.07, 6.45) is 2.25. The molecule has 3 aliphatic heterocycles. The fourth-order valence-electron chi connectivity index (χ4n) is 7.79. The molecule has 4 heterocycles. The van der Waals surface area contributed by atoms with Crippen molar-refractivity contribution in [1.29, 1.82) is 0 Å². The minimum Gasteiger partial charge on any atom is -0.490 e. The van der Waals surface area contributed by atoms with E-state index in [0.717, 1.165) is 11.3 Å². The predicted molar refractivity (Wildman–Crippen MR) is 225 cm³/mol. The molecule has 0 aliphatic carbocycles. The molecular weight excluding hydrogens is 830 g/mol. The summed E-state index contributed by atoms with van der Waals surface area (Å²) in [7, 11) is 0. The number of amides is 5. The van der Waals surface area contributed by atoms with Crippen molar-refractivity contribution in [3.05, 3.63) is 76.6 Å². The Morgan fingerprint density at radius 1 is 0.935 bits per heavy atom. The van der Waals surface area contributed by atoms with Gasteiger partial charge in [-0.1, -0.05) is 30.7 Å². The molecular formula is C43H47ClF2N8O8. The van der Waals surface area contributed by atoms with Gasteiger partial charge in [0.15, 0.2) is 5.82 Å². The van der Waals surface area contributed by atoms with Crippen LogP contribution in [-0.4, -0.2) is 128 Å². The van der Waals surface area contributed by atoms with Gasteiger partial charge in [-0.2, -0.15) is 0 Å². The lowest BCUT2D eigenvalue weighted by Crippen LogP contribution is -2.52. The van der Waals surface area contributed by atoms with Crippen molar-refractivity contribution in [3.63, 3.8) is 0 Å². The van der Waals surface area contributed by atoms with Gasteiger partial charge in [0.1, 0.15) is 41.9 Å². The maximum absolute atomic E-state index is 16.3. The van der Waals surface area contributed by atoms with Crippen LogP contribution in [0, 0.1) is 11.6 Å². The highest BCUT2D eigenvalue weighted by molar-refractivity contribution is 6.34. The van der Waals surface area contributed by atoms with E-state index in [4.69, 9.17) is 25.8 Å². The number of anilines is 2. The van der Waals surface area contributed by atoms with E-state index in [0.29, 0.717) is 62.5 Å². The number of ether oxygens (including phenoxy) is 3. The molecule has 5 amide bonds. The van der Waals surface area contributed by atoms with E-state index in [-0.39, 0.29) is 110 Å². The lowest BCUT2D eigenvalue weighted by atomic mass is 10.0. The third-order valence-electron chi connectivity index (χ3n) is 10.9. The summed E-state index contributed by atoms with van der Waals surface area (Å²) in [5, 5.41) is 8.70. The molecule has 0 saturated carbocycles. The van der Waals surface area contributed by atoms with Gasteiger partial charge in [0.25, 0.3) is 5.91 Å². The Hall–Kier alpha value is -5.98. The van der Waals surface area contributed by atoms with Crippen molar-refractivity contribution < 1.29 is 47.0 Å². The molecule has 328 valence electrons. The number of aromatic nitrogens is 2. The molecule has 7 rings (SSSR count). The fraction of sp³-hybridized carbons (Fsp3) is 0.419. The zero-order valence-electron chi connectivity index (χ0n) is 34.1. The summed E-state index contributed by atoms with van der Waals surface area (Å²) in [5.74, 6) is -2.23. The third-order valence-corrected chi connectivity index (χ3v) is 11.2. The molecule has 3 aromatic carbocycles. The van der Waals surface area contributed by atoms with Gasteiger partial charge < -0.3 is 39.5 Å². The summed E-state index contributed by atoms with van der Waals surface area (Å²) in [5.41, 5.74) is 1.61. The first-order valence-electron chi connectivity index (χ1n) is 20.5. The first kappa shape index (κ1) is 44.1. The quantitative estimate of drug-likeness (QED) is 0.0964. The molecule has 3 N–H and O–H groups in total. The first-order chi connectivity index (χ1) is 30.0. The van der Waals surface area contributed by atoms with E-state index in [1.165, 1.54) is 35.5 Å². The normalized spacial score (nSPS) is 16.4. The Bertz CT molecular complexity index is 2350. The highest BCUT2D eigenvalue weighted by atomic mass is 35.5. The number of hydrogen-bond donors (Lipinski definition) is 3. The van der Waals surface area contributed by atoms with Crippen molar-refractivity contribution in [2.75, 3.05) is 82.5 Å². The van der Waals surface area contributed by atoms with Gasteiger partial charge >= 0.3 is 0 Å². The molecule has 2 fully saturated rings. The van der Waals surface area contributed by atoms with Gasteiger partial charge in [-0.15, -0.1) is 0 Å². The average Bonchev–Trinajstić information content (AvgIpc) is 3.60. The first-order valence-corrected chi connectivity index (χ1v) is 20.9. The van der Waals surface area contributed by atoms with E-state index in [1.807, 2.05) is 17.9 Å². The topological polar surface area (TPSA) is 185 Å². The molecule has 0 bridgehead atoms. The Morgan fingerprint density at radius 2 is 1.69 bits per heavy atom. The molecule has 1 unspecified atom stereocenters. The molecule has 2 saturated heterocycles. The second-order valence-electron chi connectivity index (χ2n) is 14.8. The molecule has 1 atom stereocenters. The van der Waals surface area contributed by atoms with Gasteiger partial charge in [-0.05, 0) is 36.8 Å². The lowest BCUT2D eigenvalue weighted by Gasteiger charge is -2.35. The van der Waals surface area contributed by atoms with Crippen molar-refractivity contribution >= 4 is 63.5 Å². The summed E-state index contributed by atoms with van der Waals surface area (Å²) in [4.78, 5) is 75.4. The van der Waals surface area contributed by atoms with Crippen LogP contribution in [0.1, 0.15) is 48.5 Å². The lowest BCUT2D eigenvalue weighted by molar-refractivity contribution is -0.137. The number of imide groups is 1. The van der Waals surface area contributed by atoms with Crippen molar-refractivity contribution in [2.45, 2.75) is 45.2 Å². The number of carbonyl (C=O) groups is 5. The number of piperazine rings is 1. The summed E-state index contributed by atoms with van der Waals surface area (Å²) < 4.78 is 48.7. The average molecular weight is 877 g/mol. The number of carbonyl (C=O) groups excluding carboxylic acids is 5. The van der Waals surface area contributed by atoms with Crippen LogP contribution in [0.5, 0.6) is 5.75 Å². The van der Waals surface area contributed by atoms with Crippen molar-refractivity contribution in [3.8, 4) is 16.9 Å². The minimum absolute atomic E-state index is 0.0126. The van der Waals surface area contributed by atoms with E-state index in [1.54, 1.807) is 17.0 Å². The Balaban J connectivity index is 0.814. The van der Waals surface area contributed by atoms with Crippen molar-refractivity contribution in [2.24, 2.45) is 0 Å². The number of piperidine rings is 1. The Morgan fingerprint density at radius 3 is 2.47 bits per heavy atom. The van der Waals surface area contributed by atoms with Gasteiger partial charge in [-0.3, -0.25) is 29.3 Å². The summed E-state index contributed by atoms with van der Waals surface area (Å²) >= 11 is 6.67.